The molecule has 0 saturated carbocycles. The first kappa shape index (κ1) is 75.8. The maximum atomic E-state index is 12.9. The summed E-state index contributed by atoms with van der Waals surface area (Å²) >= 11 is 0. The van der Waals surface area contributed by atoms with Crippen LogP contribution in [0.2, 0.25) is 0 Å². The summed E-state index contributed by atoms with van der Waals surface area (Å²) in [6, 6.07) is 0. The first-order valence-corrected chi connectivity index (χ1v) is 33.5. The lowest BCUT2D eigenvalue weighted by Crippen LogP contribution is -2.30. The molecule has 0 spiro atoms. The number of ether oxygens (including phenoxy) is 3. The van der Waals surface area contributed by atoms with Crippen molar-refractivity contribution < 1.29 is 28.6 Å². The zero-order valence-corrected chi connectivity index (χ0v) is 52.3. The van der Waals surface area contributed by atoms with E-state index in [2.05, 4.69) is 142 Å². The van der Waals surface area contributed by atoms with E-state index in [1.54, 1.807) is 0 Å². The van der Waals surface area contributed by atoms with Gasteiger partial charge in [0.25, 0.3) is 0 Å². The fourth-order valence-electron chi connectivity index (χ4n) is 9.15. The largest absolute Gasteiger partial charge is 0.462 e. The minimum Gasteiger partial charge on any atom is -0.462 e. The van der Waals surface area contributed by atoms with Gasteiger partial charge in [0, 0.05) is 19.3 Å². The number of hydrogen-bond donors (Lipinski definition) is 0. The lowest BCUT2D eigenvalue weighted by Gasteiger charge is -2.18. The van der Waals surface area contributed by atoms with Crippen LogP contribution in [0.25, 0.3) is 0 Å². The van der Waals surface area contributed by atoms with Crippen LogP contribution < -0.4 is 0 Å². The third kappa shape index (κ3) is 64.6. The predicted molar refractivity (Wildman–Crippen MR) is 348 cm³/mol. The first-order valence-electron chi connectivity index (χ1n) is 33.5. The summed E-state index contributed by atoms with van der Waals surface area (Å²) in [5.41, 5.74) is 0. The van der Waals surface area contributed by atoms with Crippen molar-refractivity contribution >= 4 is 17.9 Å². The number of carbonyl (C=O) groups excluding carboxylic acids is 3. The second kappa shape index (κ2) is 67.3. The highest BCUT2D eigenvalue weighted by molar-refractivity contribution is 5.71. The second-order valence-corrected chi connectivity index (χ2v) is 22.0. The van der Waals surface area contributed by atoms with Crippen LogP contribution in [-0.2, 0) is 28.6 Å². The van der Waals surface area contributed by atoms with Crippen molar-refractivity contribution in [3.05, 3.63) is 122 Å². The SMILES string of the molecule is CC/C=C\C/C=C\C/C=C\C/C=C\C/C=C\C/C=C\C/C=C\C/C=C\CCCCCCCCCCC(=O)OCC(COC(=O)CCCCCCC/C=C\CCCCC)OC(=O)CCCCCCCCC/C=C\CCCCCCCC. The first-order chi connectivity index (χ1) is 39.5. The lowest BCUT2D eigenvalue weighted by molar-refractivity contribution is -0.167. The van der Waals surface area contributed by atoms with Crippen LogP contribution in [0.3, 0.4) is 0 Å². The van der Waals surface area contributed by atoms with Crippen LogP contribution in [-0.4, -0.2) is 37.2 Å². The highest BCUT2D eigenvalue weighted by Gasteiger charge is 2.19. The number of esters is 3. The van der Waals surface area contributed by atoms with Crippen LogP contribution in [0.15, 0.2) is 122 Å². The Hall–Kier alpha value is -4.19. The molecule has 456 valence electrons. The van der Waals surface area contributed by atoms with Gasteiger partial charge in [0.1, 0.15) is 13.2 Å². The van der Waals surface area contributed by atoms with E-state index in [-0.39, 0.29) is 31.1 Å². The average molecular weight is 1110 g/mol. The van der Waals surface area contributed by atoms with Gasteiger partial charge in [0.05, 0.1) is 0 Å². The molecule has 0 aromatic rings. The summed E-state index contributed by atoms with van der Waals surface area (Å²) in [6.07, 6.45) is 93.5. The normalized spacial score (nSPS) is 12.9. The Balaban J connectivity index is 4.27. The third-order valence-corrected chi connectivity index (χ3v) is 14.2. The van der Waals surface area contributed by atoms with Crippen LogP contribution in [0, 0.1) is 0 Å². The molecule has 0 heterocycles. The van der Waals surface area contributed by atoms with Crippen molar-refractivity contribution in [1.82, 2.24) is 0 Å². The van der Waals surface area contributed by atoms with Crippen LogP contribution >= 0.6 is 0 Å². The van der Waals surface area contributed by atoms with Gasteiger partial charge in [-0.3, -0.25) is 14.4 Å². The van der Waals surface area contributed by atoms with Gasteiger partial charge in [-0.25, -0.2) is 0 Å². The van der Waals surface area contributed by atoms with Crippen molar-refractivity contribution in [2.45, 2.75) is 316 Å². The van der Waals surface area contributed by atoms with Crippen LogP contribution in [0.5, 0.6) is 0 Å². The van der Waals surface area contributed by atoms with E-state index >= 15 is 0 Å². The Bertz CT molecular complexity index is 1650. The zero-order valence-electron chi connectivity index (χ0n) is 52.3. The van der Waals surface area contributed by atoms with E-state index < -0.39 is 6.10 Å². The maximum absolute atomic E-state index is 12.9. The average Bonchev–Trinajstić information content (AvgIpc) is 3.46. The summed E-state index contributed by atoms with van der Waals surface area (Å²) < 4.78 is 16.9. The van der Waals surface area contributed by atoms with E-state index in [4.69, 9.17) is 14.2 Å². The summed E-state index contributed by atoms with van der Waals surface area (Å²) in [5.74, 6) is -0.902. The topological polar surface area (TPSA) is 78.9 Å². The van der Waals surface area contributed by atoms with Crippen LogP contribution in [0.4, 0.5) is 0 Å². The van der Waals surface area contributed by atoms with E-state index in [9.17, 15) is 14.4 Å². The molecule has 1 atom stereocenters. The molecule has 80 heavy (non-hydrogen) atoms. The predicted octanol–water partition coefficient (Wildman–Crippen LogP) is 23.2. The van der Waals surface area contributed by atoms with Crippen molar-refractivity contribution in [3.8, 4) is 0 Å². The molecule has 0 rings (SSSR count). The molecule has 0 amide bonds. The summed E-state index contributed by atoms with van der Waals surface area (Å²) in [5, 5.41) is 0. The smallest absolute Gasteiger partial charge is 0.306 e. The number of allylic oxidation sites excluding steroid dienone is 20. The molecule has 0 N–H and O–H groups in total. The molecule has 0 aliphatic rings. The molecule has 0 bridgehead atoms. The van der Waals surface area contributed by atoms with Gasteiger partial charge >= 0.3 is 17.9 Å². The van der Waals surface area contributed by atoms with E-state index in [1.807, 2.05) is 0 Å². The molecule has 0 aromatic heterocycles. The molecule has 0 aliphatic carbocycles. The lowest BCUT2D eigenvalue weighted by atomic mass is 10.1. The fourth-order valence-corrected chi connectivity index (χ4v) is 9.15. The third-order valence-electron chi connectivity index (χ3n) is 14.2. The number of unbranched alkanes of at least 4 members (excludes halogenated alkanes) is 29. The monoisotopic (exact) mass is 1110 g/mol. The molecule has 6 heteroatoms. The minimum atomic E-state index is -0.790. The van der Waals surface area contributed by atoms with Gasteiger partial charge in [-0.1, -0.05) is 277 Å². The van der Waals surface area contributed by atoms with Gasteiger partial charge in [-0.05, 0) is 135 Å². The van der Waals surface area contributed by atoms with E-state index in [1.165, 1.54) is 148 Å². The molecule has 0 aliphatic heterocycles. The highest BCUT2D eigenvalue weighted by Crippen LogP contribution is 2.15. The molecular formula is C74H124O6. The number of carbonyl (C=O) groups is 3. The van der Waals surface area contributed by atoms with Crippen molar-refractivity contribution in [3.63, 3.8) is 0 Å². The van der Waals surface area contributed by atoms with Crippen LogP contribution in [0.1, 0.15) is 310 Å². The molecule has 6 nitrogen and oxygen atoms in total. The Morgan fingerprint density at radius 2 is 0.487 bits per heavy atom. The van der Waals surface area contributed by atoms with E-state index in [0.717, 1.165) is 122 Å². The molecular weight excluding hydrogens is 985 g/mol. The Labute approximate surface area is 494 Å². The summed E-state index contributed by atoms with van der Waals surface area (Å²) in [4.78, 5) is 38.3. The molecule has 0 aromatic carbocycles. The quantitative estimate of drug-likeness (QED) is 0.0261. The molecule has 0 saturated heterocycles. The van der Waals surface area contributed by atoms with Gasteiger partial charge in [-0.15, -0.1) is 0 Å². The maximum Gasteiger partial charge on any atom is 0.306 e. The Kier molecular flexibility index (Phi) is 63.8. The summed E-state index contributed by atoms with van der Waals surface area (Å²) in [7, 11) is 0. The Morgan fingerprint density at radius 3 is 0.800 bits per heavy atom. The fraction of sp³-hybridized carbons (Fsp3) is 0.689. The number of hydrogen-bond acceptors (Lipinski definition) is 6. The highest BCUT2D eigenvalue weighted by atomic mass is 16.6. The van der Waals surface area contributed by atoms with Gasteiger partial charge in [0.15, 0.2) is 6.10 Å². The molecule has 0 radical (unpaired) electrons. The van der Waals surface area contributed by atoms with Gasteiger partial charge < -0.3 is 14.2 Å². The number of rotatable bonds is 60. The van der Waals surface area contributed by atoms with E-state index in [0.29, 0.717) is 19.3 Å². The Morgan fingerprint density at radius 1 is 0.263 bits per heavy atom. The van der Waals surface area contributed by atoms with Crippen molar-refractivity contribution in [1.29, 1.82) is 0 Å². The minimum absolute atomic E-state index is 0.0867. The molecule has 1 unspecified atom stereocenters. The van der Waals surface area contributed by atoms with Crippen molar-refractivity contribution in [2.24, 2.45) is 0 Å². The standard InChI is InChI=1S/C74H124O6/c1-4-7-10-13-16-19-22-25-27-29-30-31-32-33-34-35-36-37-38-39-40-41-42-43-44-46-47-49-52-55-58-61-64-67-73(76)79-70-71(69-78-72(75)66-63-60-57-54-51-24-21-18-15-12-9-6-3)80-74(77)68-65-62-59-56-53-50-48-45-28-26-23-20-17-14-11-8-5-2/h7,10,16,18-19,21,25-28,30-31,33-34,36-37,39-40,42-43,71H,4-6,8-9,11-15,17,20,22-24,29,32,35,38,41,44-70H2,1-3H3/b10-7-,19-16-,21-18-,27-25-,28-26-,31-30-,34-33-,37-36-,40-39-,43-42-. The van der Waals surface area contributed by atoms with Gasteiger partial charge in [0.2, 0.25) is 0 Å². The molecule has 0 fully saturated rings. The van der Waals surface area contributed by atoms with Crippen molar-refractivity contribution in [2.75, 3.05) is 13.2 Å². The second-order valence-electron chi connectivity index (χ2n) is 22.0. The van der Waals surface area contributed by atoms with Gasteiger partial charge in [-0.2, -0.15) is 0 Å². The zero-order chi connectivity index (χ0) is 57.8. The summed E-state index contributed by atoms with van der Waals surface area (Å²) in [6.45, 7) is 6.50.